The van der Waals surface area contributed by atoms with Crippen molar-refractivity contribution in [2.75, 3.05) is 0 Å². The number of hydrogen-bond acceptors (Lipinski definition) is 4. The Labute approximate surface area is 189 Å². The van der Waals surface area contributed by atoms with Crippen LogP contribution in [0.2, 0.25) is 0 Å². The number of nitrogens with two attached hydrogens (primary N) is 1. The van der Waals surface area contributed by atoms with Gasteiger partial charge in [-0.05, 0) is 44.1 Å². The van der Waals surface area contributed by atoms with Crippen LogP contribution in [0.15, 0.2) is 18.5 Å². The molecule has 3 aromatic heterocycles. The van der Waals surface area contributed by atoms with Gasteiger partial charge in [0, 0.05) is 24.0 Å². The van der Waals surface area contributed by atoms with Crippen LogP contribution in [-0.2, 0) is 4.79 Å². The molecular formula is C25H34N6O. The van der Waals surface area contributed by atoms with Crippen LogP contribution in [0.4, 0.5) is 0 Å². The Morgan fingerprint density at radius 3 is 2.78 bits per heavy atom. The number of primary amides is 1. The van der Waals surface area contributed by atoms with Crippen molar-refractivity contribution in [3.63, 3.8) is 0 Å². The highest BCUT2D eigenvalue weighted by Gasteiger charge is 2.31. The maximum absolute atomic E-state index is 12.6. The molecule has 0 spiro atoms. The summed E-state index contributed by atoms with van der Waals surface area (Å²) >= 11 is 0. The second-order valence-electron chi connectivity index (χ2n) is 9.27. The fourth-order valence-corrected chi connectivity index (χ4v) is 5.31. The van der Waals surface area contributed by atoms with Gasteiger partial charge >= 0.3 is 0 Å². The minimum Gasteiger partial charge on any atom is -0.369 e. The van der Waals surface area contributed by atoms with E-state index >= 15 is 0 Å². The molecule has 0 bridgehead atoms. The number of aromatic amines is 1. The van der Waals surface area contributed by atoms with Gasteiger partial charge in [0.2, 0.25) is 5.91 Å². The Morgan fingerprint density at radius 1 is 1.28 bits per heavy atom. The minimum atomic E-state index is -0.394. The van der Waals surface area contributed by atoms with Gasteiger partial charge in [-0.2, -0.15) is 5.26 Å². The van der Waals surface area contributed by atoms with Gasteiger partial charge in [-0.15, -0.1) is 0 Å². The third-order valence-corrected chi connectivity index (χ3v) is 7.07. The van der Waals surface area contributed by atoms with E-state index in [0.717, 1.165) is 72.8 Å². The zero-order valence-electron chi connectivity index (χ0n) is 19.0. The number of nitrogens with zero attached hydrogens (tertiary/aromatic N) is 4. The van der Waals surface area contributed by atoms with Gasteiger partial charge in [0.05, 0.1) is 23.7 Å². The monoisotopic (exact) mass is 434 g/mol. The SMILES string of the molecule is CCCCCCCC(C(N)=O)c1nc2cnc3[nH]ccc3c2n1C1CCC(CC#N)CC1. The first-order valence-corrected chi connectivity index (χ1v) is 12.1. The Kier molecular flexibility index (Phi) is 7.09. The summed E-state index contributed by atoms with van der Waals surface area (Å²) in [6, 6.07) is 4.62. The lowest BCUT2D eigenvalue weighted by Gasteiger charge is -2.31. The second kappa shape index (κ2) is 10.2. The van der Waals surface area contributed by atoms with Gasteiger partial charge in [0.15, 0.2) is 0 Å². The molecule has 1 unspecified atom stereocenters. The number of aromatic nitrogens is 4. The van der Waals surface area contributed by atoms with E-state index in [4.69, 9.17) is 16.0 Å². The second-order valence-corrected chi connectivity index (χ2v) is 9.27. The summed E-state index contributed by atoms with van der Waals surface area (Å²) in [7, 11) is 0. The molecule has 0 radical (unpaired) electrons. The van der Waals surface area contributed by atoms with Crippen LogP contribution in [0.25, 0.3) is 22.1 Å². The van der Waals surface area contributed by atoms with Crippen LogP contribution in [0.3, 0.4) is 0 Å². The number of nitrogens with one attached hydrogen (secondary N) is 1. The van der Waals surface area contributed by atoms with Crippen molar-refractivity contribution in [2.24, 2.45) is 11.7 Å². The van der Waals surface area contributed by atoms with Crippen molar-refractivity contribution in [2.45, 2.75) is 89.5 Å². The molecule has 32 heavy (non-hydrogen) atoms. The highest BCUT2D eigenvalue weighted by molar-refractivity contribution is 6.01. The summed E-state index contributed by atoms with van der Waals surface area (Å²) in [5.41, 5.74) is 8.64. The molecule has 0 aliphatic heterocycles. The summed E-state index contributed by atoms with van der Waals surface area (Å²) in [5.74, 6) is 0.569. The number of H-pyrrole nitrogens is 1. The highest BCUT2D eigenvalue weighted by atomic mass is 16.1. The lowest BCUT2D eigenvalue weighted by atomic mass is 9.84. The number of hydrogen-bond donors (Lipinski definition) is 2. The van der Waals surface area contributed by atoms with Gasteiger partial charge in [-0.25, -0.2) is 9.97 Å². The summed E-state index contributed by atoms with van der Waals surface area (Å²) in [6.45, 7) is 2.20. The average molecular weight is 435 g/mol. The van der Waals surface area contributed by atoms with Crippen molar-refractivity contribution in [3.8, 4) is 6.07 Å². The van der Waals surface area contributed by atoms with Crippen LogP contribution in [0, 0.1) is 17.2 Å². The van der Waals surface area contributed by atoms with Crippen molar-refractivity contribution in [1.82, 2.24) is 19.5 Å². The Balaban J connectivity index is 1.71. The maximum atomic E-state index is 12.6. The molecule has 7 nitrogen and oxygen atoms in total. The van der Waals surface area contributed by atoms with E-state index in [9.17, 15) is 4.79 Å². The van der Waals surface area contributed by atoms with Crippen LogP contribution in [0.5, 0.6) is 0 Å². The first-order valence-electron chi connectivity index (χ1n) is 12.1. The van der Waals surface area contributed by atoms with Gasteiger partial charge < -0.3 is 15.3 Å². The molecule has 0 aromatic carbocycles. The van der Waals surface area contributed by atoms with Gasteiger partial charge in [-0.3, -0.25) is 4.79 Å². The summed E-state index contributed by atoms with van der Waals surface area (Å²) < 4.78 is 2.30. The number of rotatable bonds is 10. The Morgan fingerprint density at radius 2 is 2.06 bits per heavy atom. The zero-order chi connectivity index (χ0) is 22.5. The van der Waals surface area contributed by atoms with E-state index in [1.165, 1.54) is 19.3 Å². The van der Waals surface area contributed by atoms with Crippen molar-refractivity contribution < 1.29 is 4.79 Å². The minimum absolute atomic E-state index is 0.257. The summed E-state index contributed by atoms with van der Waals surface area (Å²) in [4.78, 5) is 25.3. The normalized spacial score (nSPS) is 19.9. The highest BCUT2D eigenvalue weighted by Crippen LogP contribution is 2.40. The topological polar surface area (TPSA) is 113 Å². The number of carbonyl (C=O) groups excluding carboxylic acids is 1. The third-order valence-electron chi connectivity index (χ3n) is 7.07. The number of unbranched alkanes of at least 4 members (excludes halogenated alkanes) is 4. The lowest BCUT2D eigenvalue weighted by Crippen LogP contribution is -2.27. The number of nitriles is 1. The number of fused-ring (bicyclic) bond motifs is 3. The van der Waals surface area contributed by atoms with E-state index < -0.39 is 5.92 Å². The molecular weight excluding hydrogens is 400 g/mol. The smallest absolute Gasteiger partial charge is 0.228 e. The van der Waals surface area contributed by atoms with E-state index in [1.54, 1.807) is 6.20 Å². The number of imidazole rings is 1. The molecule has 3 N–H and O–H groups in total. The predicted octanol–water partition coefficient (Wildman–Crippen LogP) is 5.49. The first-order chi connectivity index (χ1) is 15.6. The fraction of sp³-hybridized carbons (Fsp3) is 0.600. The van der Waals surface area contributed by atoms with E-state index in [-0.39, 0.29) is 11.9 Å². The van der Waals surface area contributed by atoms with Crippen molar-refractivity contribution in [3.05, 3.63) is 24.3 Å². The third kappa shape index (κ3) is 4.50. The molecule has 4 rings (SSSR count). The molecule has 7 heteroatoms. The van der Waals surface area contributed by atoms with Crippen LogP contribution in [0.1, 0.15) is 95.3 Å². The lowest BCUT2D eigenvalue weighted by molar-refractivity contribution is -0.119. The van der Waals surface area contributed by atoms with E-state index in [0.29, 0.717) is 12.3 Å². The molecule has 1 amide bonds. The molecule has 1 saturated carbocycles. The van der Waals surface area contributed by atoms with E-state index in [1.807, 2.05) is 12.3 Å². The van der Waals surface area contributed by atoms with E-state index in [2.05, 4.69) is 27.5 Å². The molecule has 3 aromatic rings. The Bertz CT molecular complexity index is 1100. The Hall–Kier alpha value is -2.88. The predicted molar refractivity (Wildman–Crippen MR) is 126 cm³/mol. The average Bonchev–Trinajstić information content (AvgIpc) is 3.41. The number of carbonyl (C=O) groups is 1. The molecule has 1 aliphatic carbocycles. The van der Waals surface area contributed by atoms with Crippen LogP contribution in [-0.4, -0.2) is 25.4 Å². The van der Waals surface area contributed by atoms with Crippen LogP contribution < -0.4 is 5.73 Å². The number of amides is 1. The fourth-order valence-electron chi connectivity index (χ4n) is 5.31. The maximum Gasteiger partial charge on any atom is 0.228 e. The quantitative estimate of drug-likeness (QED) is 0.411. The van der Waals surface area contributed by atoms with Crippen molar-refractivity contribution >= 4 is 28.0 Å². The molecule has 1 fully saturated rings. The van der Waals surface area contributed by atoms with Gasteiger partial charge in [0.1, 0.15) is 17.0 Å². The molecule has 0 saturated heterocycles. The largest absolute Gasteiger partial charge is 0.369 e. The van der Waals surface area contributed by atoms with Gasteiger partial charge in [0.25, 0.3) is 0 Å². The summed E-state index contributed by atoms with van der Waals surface area (Å²) in [5, 5.41) is 10.1. The molecule has 170 valence electrons. The standard InChI is InChI=1S/C25H34N6O/c1-2-3-4-5-6-7-20(23(27)32)25-30-21-16-29-24-19(13-15-28-24)22(21)31(25)18-10-8-17(9-11-18)12-14-26/h13,15-18,20H,2-12H2,1H3,(H2,27,32)(H,28,29). The molecule has 1 aliphatic rings. The van der Waals surface area contributed by atoms with Crippen LogP contribution >= 0.6 is 0 Å². The zero-order valence-corrected chi connectivity index (χ0v) is 19.0. The molecule has 3 heterocycles. The number of pyridine rings is 1. The first kappa shape index (κ1) is 22.3. The van der Waals surface area contributed by atoms with Crippen molar-refractivity contribution in [1.29, 1.82) is 5.26 Å². The summed E-state index contributed by atoms with van der Waals surface area (Å²) in [6.07, 6.45) is 14.8. The van der Waals surface area contributed by atoms with Gasteiger partial charge in [-0.1, -0.05) is 39.0 Å². The molecule has 1 atom stereocenters.